The lowest BCUT2D eigenvalue weighted by Gasteiger charge is -2.25. The lowest BCUT2D eigenvalue weighted by atomic mass is 9.98. The van der Waals surface area contributed by atoms with Crippen molar-refractivity contribution in [1.29, 1.82) is 0 Å². The van der Waals surface area contributed by atoms with Gasteiger partial charge in [-0.25, -0.2) is 14.6 Å². The molecule has 0 spiro atoms. The zero-order chi connectivity index (χ0) is 16.1. The molecule has 0 saturated carbocycles. The molecule has 0 bridgehead atoms. The summed E-state index contributed by atoms with van der Waals surface area (Å²) in [6.07, 6.45) is 3.37. The molecule has 5 rings (SSSR count). The van der Waals surface area contributed by atoms with E-state index in [-0.39, 0.29) is 0 Å². The Morgan fingerprint density at radius 1 is 1.33 bits per heavy atom. The van der Waals surface area contributed by atoms with Crippen LogP contribution >= 0.6 is 11.3 Å². The number of nitrogens with zero attached hydrogens (tertiary/aromatic N) is 5. The van der Waals surface area contributed by atoms with Gasteiger partial charge in [-0.3, -0.25) is 0 Å². The Hall–Kier alpha value is -2.58. The van der Waals surface area contributed by atoms with Crippen LogP contribution < -0.4 is 5.32 Å². The molecule has 1 aromatic carbocycles. The third-order valence-corrected chi connectivity index (χ3v) is 5.16. The van der Waals surface area contributed by atoms with Gasteiger partial charge in [0.05, 0.1) is 27.1 Å². The zero-order valence-corrected chi connectivity index (χ0v) is 13.7. The van der Waals surface area contributed by atoms with Crippen LogP contribution in [0.25, 0.3) is 27.3 Å². The second-order valence-electron chi connectivity index (χ2n) is 5.85. The van der Waals surface area contributed by atoms with Crippen molar-refractivity contribution in [3.8, 4) is 17.1 Å². The van der Waals surface area contributed by atoms with Gasteiger partial charge in [-0.15, -0.1) is 16.4 Å². The van der Waals surface area contributed by atoms with Crippen LogP contribution in [-0.2, 0) is 0 Å². The molecule has 8 heteroatoms. The molecular weight excluding hydrogens is 324 g/mol. The fourth-order valence-corrected chi connectivity index (χ4v) is 3.74. The van der Waals surface area contributed by atoms with Crippen LogP contribution in [-0.4, -0.2) is 38.1 Å². The van der Waals surface area contributed by atoms with Crippen molar-refractivity contribution in [3.05, 3.63) is 41.6 Å². The molecule has 3 aromatic heterocycles. The van der Waals surface area contributed by atoms with E-state index >= 15 is 0 Å². The molecule has 4 heterocycles. The van der Waals surface area contributed by atoms with Crippen molar-refractivity contribution in [2.24, 2.45) is 0 Å². The summed E-state index contributed by atoms with van der Waals surface area (Å²) in [6, 6.07) is 6.09. The van der Waals surface area contributed by atoms with E-state index in [1.54, 1.807) is 16.0 Å². The highest BCUT2D eigenvalue weighted by Crippen LogP contribution is 2.30. The number of hydrogen-bond donors (Lipinski definition) is 1. The van der Waals surface area contributed by atoms with Crippen molar-refractivity contribution in [1.82, 2.24) is 30.3 Å². The van der Waals surface area contributed by atoms with E-state index in [1.807, 2.05) is 25.3 Å². The van der Waals surface area contributed by atoms with Crippen molar-refractivity contribution >= 4 is 21.6 Å². The van der Waals surface area contributed by atoms with Gasteiger partial charge in [-0.1, -0.05) is 5.21 Å². The molecular formula is C16H14N6OS. The minimum absolute atomic E-state index is 0.365. The summed E-state index contributed by atoms with van der Waals surface area (Å²) < 4.78 is 8.47. The number of rotatable bonds is 3. The number of aryl methyl sites for hydroxylation is 1. The molecule has 0 atom stereocenters. The first-order valence-electron chi connectivity index (χ1n) is 7.72. The Bertz CT molecular complexity index is 1030. The number of oxazole rings is 1. The lowest BCUT2D eigenvalue weighted by molar-refractivity contribution is 0.369. The topological polar surface area (TPSA) is 81.7 Å². The SMILES string of the molecule is Cc1nc2ccc(-n3cc(-c4ncoc4C4CNC4)nn3)cc2s1. The van der Waals surface area contributed by atoms with Crippen LogP contribution in [0.4, 0.5) is 0 Å². The van der Waals surface area contributed by atoms with Crippen LogP contribution in [0.2, 0.25) is 0 Å². The predicted octanol–water partition coefficient (Wildman–Crippen LogP) is 2.53. The predicted molar refractivity (Wildman–Crippen MR) is 90.4 cm³/mol. The van der Waals surface area contributed by atoms with Crippen molar-refractivity contribution in [3.63, 3.8) is 0 Å². The van der Waals surface area contributed by atoms with Gasteiger partial charge in [-0.2, -0.15) is 0 Å². The Labute approximate surface area is 141 Å². The number of fused-ring (bicyclic) bond motifs is 1. The van der Waals surface area contributed by atoms with Gasteiger partial charge >= 0.3 is 0 Å². The van der Waals surface area contributed by atoms with E-state index in [4.69, 9.17) is 4.42 Å². The number of nitrogens with one attached hydrogen (secondary N) is 1. The molecule has 4 aromatic rings. The number of benzene rings is 1. The van der Waals surface area contributed by atoms with Crippen molar-refractivity contribution in [2.75, 3.05) is 13.1 Å². The van der Waals surface area contributed by atoms with Crippen LogP contribution in [0, 0.1) is 6.92 Å². The fourth-order valence-electron chi connectivity index (χ4n) is 2.88. The largest absolute Gasteiger partial charge is 0.447 e. The number of thiazole rings is 1. The first-order chi connectivity index (χ1) is 11.8. The van der Waals surface area contributed by atoms with Crippen LogP contribution in [0.5, 0.6) is 0 Å². The van der Waals surface area contributed by atoms with Crippen LogP contribution in [0.1, 0.15) is 16.7 Å². The quantitative estimate of drug-likeness (QED) is 0.618. The summed E-state index contributed by atoms with van der Waals surface area (Å²) >= 11 is 1.68. The van der Waals surface area contributed by atoms with E-state index in [0.29, 0.717) is 5.92 Å². The lowest BCUT2D eigenvalue weighted by Crippen LogP contribution is -2.39. The molecule has 0 aliphatic carbocycles. The van der Waals surface area contributed by atoms with Gasteiger partial charge in [0.2, 0.25) is 0 Å². The Kier molecular flexibility index (Phi) is 3.00. The molecule has 7 nitrogen and oxygen atoms in total. The van der Waals surface area contributed by atoms with Crippen LogP contribution in [0.15, 0.2) is 35.2 Å². The van der Waals surface area contributed by atoms with Gasteiger partial charge in [0.15, 0.2) is 6.39 Å². The highest BCUT2D eigenvalue weighted by Gasteiger charge is 2.27. The first kappa shape index (κ1) is 13.8. The van der Waals surface area contributed by atoms with Gasteiger partial charge in [0, 0.05) is 19.0 Å². The maximum atomic E-state index is 5.56. The minimum Gasteiger partial charge on any atom is -0.447 e. The Balaban J connectivity index is 1.53. The average Bonchev–Trinajstić information content (AvgIpc) is 3.21. The first-order valence-corrected chi connectivity index (χ1v) is 8.54. The summed E-state index contributed by atoms with van der Waals surface area (Å²) in [5.74, 6) is 1.25. The summed E-state index contributed by atoms with van der Waals surface area (Å²) in [4.78, 5) is 8.82. The maximum absolute atomic E-state index is 5.56. The van der Waals surface area contributed by atoms with E-state index in [9.17, 15) is 0 Å². The average molecular weight is 338 g/mol. The highest BCUT2D eigenvalue weighted by atomic mass is 32.1. The standard InChI is InChI=1S/C16H14N6OS/c1-9-19-12-3-2-11(4-14(12)24-9)22-7-13(20-21-22)15-16(23-8-18-15)10-5-17-6-10/h2-4,7-8,10,17H,5-6H2,1H3. The second-order valence-corrected chi connectivity index (χ2v) is 7.09. The molecule has 1 saturated heterocycles. The molecule has 1 fully saturated rings. The third kappa shape index (κ3) is 2.15. The van der Waals surface area contributed by atoms with Gasteiger partial charge in [0.1, 0.15) is 17.1 Å². The Morgan fingerprint density at radius 3 is 3.08 bits per heavy atom. The van der Waals surface area contributed by atoms with E-state index < -0.39 is 0 Å². The summed E-state index contributed by atoms with van der Waals surface area (Å²) in [5.41, 5.74) is 3.48. The van der Waals surface area contributed by atoms with Crippen molar-refractivity contribution in [2.45, 2.75) is 12.8 Å². The number of aromatic nitrogens is 5. The zero-order valence-electron chi connectivity index (χ0n) is 12.9. The van der Waals surface area contributed by atoms with E-state index in [1.165, 1.54) is 6.39 Å². The molecule has 0 amide bonds. The normalized spacial score (nSPS) is 15.0. The molecule has 1 aliphatic rings. The third-order valence-electron chi connectivity index (χ3n) is 4.23. The van der Waals surface area contributed by atoms with E-state index in [2.05, 4.69) is 31.7 Å². The fraction of sp³-hybridized carbons (Fsp3) is 0.250. The highest BCUT2D eigenvalue weighted by molar-refractivity contribution is 7.18. The smallest absolute Gasteiger partial charge is 0.181 e. The monoisotopic (exact) mass is 338 g/mol. The summed E-state index contributed by atoms with van der Waals surface area (Å²) in [6.45, 7) is 3.84. The second kappa shape index (κ2) is 5.22. The molecule has 1 N–H and O–H groups in total. The number of hydrogen-bond acceptors (Lipinski definition) is 7. The maximum Gasteiger partial charge on any atom is 0.181 e. The van der Waals surface area contributed by atoms with Crippen molar-refractivity contribution < 1.29 is 4.42 Å². The molecule has 0 radical (unpaired) electrons. The molecule has 1 aliphatic heterocycles. The molecule has 120 valence electrons. The van der Waals surface area contributed by atoms with Crippen LogP contribution in [0.3, 0.4) is 0 Å². The van der Waals surface area contributed by atoms with Gasteiger partial charge in [0.25, 0.3) is 0 Å². The summed E-state index contributed by atoms with van der Waals surface area (Å²) in [5, 5.41) is 12.8. The molecule has 24 heavy (non-hydrogen) atoms. The Morgan fingerprint density at radius 2 is 2.25 bits per heavy atom. The van der Waals surface area contributed by atoms with Gasteiger partial charge in [-0.05, 0) is 25.1 Å². The van der Waals surface area contributed by atoms with E-state index in [0.717, 1.165) is 51.1 Å². The molecule has 0 unspecified atom stereocenters. The van der Waals surface area contributed by atoms with Gasteiger partial charge < -0.3 is 9.73 Å². The minimum atomic E-state index is 0.365. The summed E-state index contributed by atoms with van der Waals surface area (Å²) in [7, 11) is 0.